The SMILES string of the molecule is CCOc1cc(C(=CC(N)=O)c2ccc(OC)c(OCC)c2)ccc1OC. The number of carbonyl (C=O) groups excluding carboxylic acids is 1. The molecule has 6 heteroatoms. The summed E-state index contributed by atoms with van der Waals surface area (Å²) in [5.41, 5.74) is 7.63. The van der Waals surface area contributed by atoms with Crippen molar-refractivity contribution in [1.82, 2.24) is 0 Å². The lowest BCUT2D eigenvalue weighted by Gasteiger charge is -2.15. The summed E-state index contributed by atoms with van der Waals surface area (Å²) < 4.78 is 21.9. The van der Waals surface area contributed by atoms with E-state index in [-0.39, 0.29) is 0 Å². The topological polar surface area (TPSA) is 80.0 Å². The van der Waals surface area contributed by atoms with Gasteiger partial charge in [-0.05, 0) is 54.8 Å². The van der Waals surface area contributed by atoms with Gasteiger partial charge in [0.25, 0.3) is 0 Å². The van der Waals surface area contributed by atoms with Gasteiger partial charge in [-0.15, -0.1) is 0 Å². The lowest BCUT2D eigenvalue weighted by molar-refractivity contribution is -0.113. The molecule has 0 aliphatic rings. The van der Waals surface area contributed by atoms with E-state index in [1.807, 2.05) is 38.1 Å². The van der Waals surface area contributed by atoms with Gasteiger partial charge < -0.3 is 24.7 Å². The minimum atomic E-state index is -0.549. The highest BCUT2D eigenvalue weighted by molar-refractivity contribution is 5.98. The summed E-state index contributed by atoms with van der Waals surface area (Å²) in [5, 5.41) is 0. The molecular weight excluding hydrogens is 346 g/mol. The van der Waals surface area contributed by atoms with E-state index in [9.17, 15) is 4.79 Å². The van der Waals surface area contributed by atoms with E-state index in [4.69, 9.17) is 24.7 Å². The lowest BCUT2D eigenvalue weighted by atomic mass is 9.96. The Labute approximate surface area is 159 Å². The molecule has 0 aliphatic carbocycles. The van der Waals surface area contributed by atoms with E-state index in [0.29, 0.717) is 41.8 Å². The lowest BCUT2D eigenvalue weighted by Crippen LogP contribution is -2.08. The molecule has 2 aromatic rings. The van der Waals surface area contributed by atoms with E-state index in [1.165, 1.54) is 6.08 Å². The molecule has 2 N–H and O–H groups in total. The van der Waals surface area contributed by atoms with Crippen molar-refractivity contribution in [2.45, 2.75) is 13.8 Å². The summed E-state index contributed by atoms with van der Waals surface area (Å²) in [5.74, 6) is 1.86. The molecular formula is C21H25NO5. The normalized spacial score (nSPS) is 10.1. The molecule has 0 aromatic heterocycles. The Morgan fingerprint density at radius 1 is 0.852 bits per heavy atom. The molecule has 144 valence electrons. The van der Waals surface area contributed by atoms with Crippen molar-refractivity contribution in [2.75, 3.05) is 27.4 Å². The quantitative estimate of drug-likeness (QED) is 0.683. The average molecular weight is 371 g/mol. The molecule has 0 saturated heterocycles. The van der Waals surface area contributed by atoms with Gasteiger partial charge in [-0.1, -0.05) is 12.1 Å². The smallest absolute Gasteiger partial charge is 0.242 e. The van der Waals surface area contributed by atoms with E-state index in [0.717, 1.165) is 11.1 Å². The second-order valence-electron chi connectivity index (χ2n) is 5.56. The minimum Gasteiger partial charge on any atom is -0.493 e. The zero-order chi connectivity index (χ0) is 19.8. The van der Waals surface area contributed by atoms with Gasteiger partial charge in [0.15, 0.2) is 23.0 Å². The highest BCUT2D eigenvalue weighted by Gasteiger charge is 2.14. The molecule has 27 heavy (non-hydrogen) atoms. The second kappa shape index (κ2) is 9.52. The van der Waals surface area contributed by atoms with Gasteiger partial charge in [-0.25, -0.2) is 0 Å². The summed E-state index contributed by atoms with van der Waals surface area (Å²) in [4.78, 5) is 11.7. The van der Waals surface area contributed by atoms with Crippen LogP contribution in [0.2, 0.25) is 0 Å². The molecule has 0 atom stereocenters. The van der Waals surface area contributed by atoms with Crippen molar-refractivity contribution in [3.8, 4) is 23.0 Å². The summed E-state index contributed by atoms with van der Waals surface area (Å²) in [6.07, 6.45) is 1.38. The van der Waals surface area contributed by atoms with E-state index in [1.54, 1.807) is 26.4 Å². The van der Waals surface area contributed by atoms with Gasteiger partial charge in [0, 0.05) is 6.08 Å². The Balaban J connectivity index is 2.59. The van der Waals surface area contributed by atoms with Crippen molar-refractivity contribution in [2.24, 2.45) is 5.73 Å². The van der Waals surface area contributed by atoms with Crippen LogP contribution in [0.5, 0.6) is 23.0 Å². The van der Waals surface area contributed by atoms with Gasteiger partial charge in [0.2, 0.25) is 5.91 Å². The van der Waals surface area contributed by atoms with E-state index < -0.39 is 5.91 Å². The third kappa shape index (κ3) is 4.94. The first kappa shape index (κ1) is 20.2. The monoisotopic (exact) mass is 371 g/mol. The first-order valence-corrected chi connectivity index (χ1v) is 8.67. The van der Waals surface area contributed by atoms with Crippen LogP contribution >= 0.6 is 0 Å². The van der Waals surface area contributed by atoms with Gasteiger partial charge in [0.1, 0.15) is 0 Å². The fourth-order valence-corrected chi connectivity index (χ4v) is 2.70. The maximum atomic E-state index is 11.7. The largest absolute Gasteiger partial charge is 0.493 e. The third-order valence-electron chi connectivity index (χ3n) is 3.84. The highest BCUT2D eigenvalue weighted by Crippen LogP contribution is 2.36. The molecule has 6 nitrogen and oxygen atoms in total. The number of amides is 1. The Bertz CT molecular complexity index is 770. The molecule has 0 aliphatic heterocycles. The Kier molecular flexibility index (Phi) is 7.11. The van der Waals surface area contributed by atoms with Crippen LogP contribution in [0.1, 0.15) is 25.0 Å². The first-order chi connectivity index (χ1) is 13.0. The van der Waals surface area contributed by atoms with Crippen molar-refractivity contribution in [1.29, 1.82) is 0 Å². The number of nitrogens with two attached hydrogens (primary N) is 1. The molecule has 1 amide bonds. The van der Waals surface area contributed by atoms with Crippen LogP contribution < -0.4 is 24.7 Å². The van der Waals surface area contributed by atoms with Crippen LogP contribution in [-0.4, -0.2) is 33.3 Å². The predicted octanol–water partition coefficient (Wildman–Crippen LogP) is 3.42. The van der Waals surface area contributed by atoms with Crippen LogP contribution in [0, 0.1) is 0 Å². The zero-order valence-electron chi connectivity index (χ0n) is 16.1. The summed E-state index contributed by atoms with van der Waals surface area (Å²) in [7, 11) is 3.16. The number of methoxy groups -OCH3 is 2. The molecule has 0 heterocycles. The summed E-state index contributed by atoms with van der Waals surface area (Å²) in [6, 6.07) is 10.9. The van der Waals surface area contributed by atoms with Crippen LogP contribution in [0.25, 0.3) is 5.57 Å². The van der Waals surface area contributed by atoms with E-state index >= 15 is 0 Å². The number of benzene rings is 2. The number of carbonyl (C=O) groups is 1. The number of rotatable bonds is 9. The first-order valence-electron chi connectivity index (χ1n) is 8.67. The predicted molar refractivity (Wildman–Crippen MR) is 105 cm³/mol. The van der Waals surface area contributed by atoms with Gasteiger partial charge in [0.05, 0.1) is 27.4 Å². The summed E-state index contributed by atoms with van der Waals surface area (Å²) >= 11 is 0. The van der Waals surface area contributed by atoms with Gasteiger partial charge >= 0.3 is 0 Å². The molecule has 2 rings (SSSR count). The minimum absolute atomic E-state index is 0.492. The zero-order valence-corrected chi connectivity index (χ0v) is 16.1. The molecule has 0 fully saturated rings. The average Bonchev–Trinajstić information content (AvgIpc) is 2.66. The third-order valence-corrected chi connectivity index (χ3v) is 3.84. The number of ether oxygens (including phenoxy) is 4. The van der Waals surface area contributed by atoms with Crippen LogP contribution in [0.4, 0.5) is 0 Å². The molecule has 0 radical (unpaired) electrons. The van der Waals surface area contributed by atoms with Crippen molar-refractivity contribution in [3.05, 3.63) is 53.6 Å². The number of hydrogen-bond donors (Lipinski definition) is 1. The molecule has 0 spiro atoms. The second-order valence-corrected chi connectivity index (χ2v) is 5.56. The van der Waals surface area contributed by atoms with Gasteiger partial charge in [-0.2, -0.15) is 0 Å². The highest BCUT2D eigenvalue weighted by atomic mass is 16.5. The summed E-state index contributed by atoms with van der Waals surface area (Å²) in [6.45, 7) is 4.77. The maximum Gasteiger partial charge on any atom is 0.242 e. The van der Waals surface area contributed by atoms with Crippen molar-refractivity contribution < 1.29 is 23.7 Å². The van der Waals surface area contributed by atoms with Crippen molar-refractivity contribution in [3.63, 3.8) is 0 Å². The maximum absolute atomic E-state index is 11.7. The number of primary amides is 1. The van der Waals surface area contributed by atoms with E-state index in [2.05, 4.69) is 0 Å². The van der Waals surface area contributed by atoms with Crippen LogP contribution in [0.15, 0.2) is 42.5 Å². The number of hydrogen-bond acceptors (Lipinski definition) is 5. The fourth-order valence-electron chi connectivity index (χ4n) is 2.70. The van der Waals surface area contributed by atoms with Gasteiger partial charge in [-0.3, -0.25) is 4.79 Å². The Hall–Kier alpha value is -3.15. The fraction of sp³-hybridized carbons (Fsp3) is 0.286. The van der Waals surface area contributed by atoms with Crippen LogP contribution in [0.3, 0.4) is 0 Å². The molecule has 2 aromatic carbocycles. The van der Waals surface area contributed by atoms with Crippen molar-refractivity contribution >= 4 is 11.5 Å². The van der Waals surface area contributed by atoms with Crippen LogP contribution in [-0.2, 0) is 4.79 Å². The Morgan fingerprint density at radius 3 is 1.63 bits per heavy atom. The molecule has 0 saturated carbocycles. The molecule has 0 bridgehead atoms. The molecule has 0 unspecified atom stereocenters. The Morgan fingerprint density at radius 2 is 1.30 bits per heavy atom. The standard InChI is InChI=1S/C21H25NO5/c1-5-26-19-11-14(7-9-17(19)24-3)16(13-21(22)23)15-8-10-18(25-4)20(12-15)27-6-2/h7-13H,5-6H2,1-4H3,(H2,22,23).